The summed E-state index contributed by atoms with van der Waals surface area (Å²) in [5.74, 6) is 0. The van der Waals surface area contributed by atoms with Crippen LogP contribution in [0.15, 0.2) is 24.3 Å². The van der Waals surface area contributed by atoms with Crippen LogP contribution in [-0.2, 0) is 0 Å². The van der Waals surface area contributed by atoms with Gasteiger partial charge >= 0.3 is 0 Å². The van der Waals surface area contributed by atoms with E-state index in [0.717, 1.165) is 12.1 Å². The molecule has 1 N–H and O–H groups in total. The lowest BCUT2D eigenvalue weighted by atomic mass is 10.1. The van der Waals surface area contributed by atoms with Gasteiger partial charge in [0.2, 0.25) is 0 Å². The highest BCUT2D eigenvalue weighted by Crippen LogP contribution is 2.27. The number of hydrogen-bond donors (Lipinski definition) is 1. The Morgan fingerprint density at radius 1 is 1.29 bits per heavy atom. The van der Waals surface area contributed by atoms with Crippen molar-refractivity contribution in [3.05, 3.63) is 29.8 Å². The number of benzene rings is 1. The van der Waals surface area contributed by atoms with Gasteiger partial charge in [0.05, 0.1) is 5.38 Å². The minimum absolute atomic E-state index is 0.0581. The third-order valence-corrected chi connectivity index (χ3v) is 2.64. The summed E-state index contributed by atoms with van der Waals surface area (Å²) in [7, 11) is 0. The second-order valence-corrected chi connectivity index (χ2v) is 4.31. The standard InChI is InChI=1S/C12H18ClN/c1-4-9(2)14-12-8-6-5-7-11(12)10(3)13/h5-10,14H,4H2,1-3H3. The molecule has 0 spiro atoms. The molecule has 2 unspecified atom stereocenters. The summed E-state index contributed by atoms with van der Waals surface area (Å²) in [5.41, 5.74) is 2.33. The molecule has 0 fully saturated rings. The van der Waals surface area contributed by atoms with E-state index in [1.54, 1.807) is 0 Å². The van der Waals surface area contributed by atoms with E-state index in [0.29, 0.717) is 6.04 Å². The quantitative estimate of drug-likeness (QED) is 0.737. The van der Waals surface area contributed by atoms with E-state index < -0.39 is 0 Å². The Labute approximate surface area is 91.5 Å². The van der Waals surface area contributed by atoms with Gasteiger partial charge in [-0.25, -0.2) is 0 Å². The fraction of sp³-hybridized carbons (Fsp3) is 0.500. The van der Waals surface area contributed by atoms with Crippen molar-refractivity contribution in [3.8, 4) is 0 Å². The highest BCUT2D eigenvalue weighted by atomic mass is 35.5. The van der Waals surface area contributed by atoms with Gasteiger partial charge in [0.25, 0.3) is 0 Å². The number of halogens is 1. The second kappa shape index (κ2) is 5.26. The predicted molar refractivity (Wildman–Crippen MR) is 64.1 cm³/mol. The molecule has 2 atom stereocenters. The van der Waals surface area contributed by atoms with Crippen molar-refractivity contribution < 1.29 is 0 Å². The molecule has 0 saturated carbocycles. The molecule has 0 aliphatic rings. The number of anilines is 1. The maximum Gasteiger partial charge on any atom is 0.0577 e. The topological polar surface area (TPSA) is 12.0 Å². The third kappa shape index (κ3) is 2.91. The third-order valence-electron chi connectivity index (χ3n) is 2.40. The first-order valence-electron chi connectivity index (χ1n) is 5.14. The van der Waals surface area contributed by atoms with E-state index in [1.807, 2.05) is 19.1 Å². The van der Waals surface area contributed by atoms with Gasteiger partial charge in [-0.2, -0.15) is 0 Å². The zero-order chi connectivity index (χ0) is 10.6. The minimum atomic E-state index is 0.0581. The van der Waals surface area contributed by atoms with Crippen LogP contribution in [0.1, 0.15) is 38.1 Å². The Kier molecular flexibility index (Phi) is 4.27. The zero-order valence-corrected chi connectivity index (χ0v) is 9.81. The lowest BCUT2D eigenvalue weighted by Crippen LogP contribution is -2.14. The van der Waals surface area contributed by atoms with Crippen molar-refractivity contribution in [2.24, 2.45) is 0 Å². The molecular formula is C12H18ClN. The highest BCUT2D eigenvalue weighted by molar-refractivity contribution is 6.21. The summed E-state index contributed by atoms with van der Waals surface area (Å²) in [6, 6.07) is 8.71. The van der Waals surface area contributed by atoms with E-state index in [9.17, 15) is 0 Å². The van der Waals surface area contributed by atoms with E-state index in [1.165, 1.54) is 5.56 Å². The molecule has 1 aromatic carbocycles. The number of nitrogens with one attached hydrogen (secondary N) is 1. The zero-order valence-electron chi connectivity index (χ0n) is 9.05. The second-order valence-electron chi connectivity index (χ2n) is 3.66. The lowest BCUT2D eigenvalue weighted by Gasteiger charge is -2.17. The van der Waals surface area contributed by atoms with Gasteiger partial charge < -0.3 is 5.32 Å². The maximum absolute atomic E-state index is 6.09. The summed E-state index contributed by atoms with van der Waals surface area (Å²) in [4.78, 5) is 0. The number of rotatable bonds is 4. The van der Waals surface area contributed by atoms with Crippen LogP contribution in [0.5, 0.6) is 0 Å². The molecule has 0 heterocycles. The normalized spacial score (nSPS) is 14.9. The van der Waals surface area contributed by atoms with Crippen LogP contribution in [0.25, 0.3) is 0 Å². The summed E-state index contributed by atoms with van der Waals surface area (Å²) >= 11 is 6.09. The molecule has 0 aromatic heterocycles. The van der Waals surface area contributed by atoms with Gasteiger partial charge in [-0.3, -0.25) is 0 Å². The van der Waals surface area contributed by atoms with Crippen molar-refractivity contribution in [1.82, 2.24) is 0 Å². The molecule has 78 valence electrons. The molecular weight excluding hydrogens is 194 g/mol. The molecule has 1 nitrogen and oxygen atoms in total. The summed E-state index contributed by atoms with van der Waals surface area (Å²) < 4.78 is 0. The van der Waals surface area contributed by atoms with Gasteiger partial charge in [-0.05, 0) is 31.9 Å². The van der Waals surface area contributed by atoms with Gasteiger partial charge in [-0.15, -0.1) is 11.6 Å². The molecule has 0 amide bonds. The van der Waals surface area contributed by atoms with Crippen LogP contribution in [0.2, 0.25) is 0 Å². The van der Waals surface area contributed by atoms with Gasteiger partial charge in [0.1, 0.15) is 0 Å². The fourth-order valence-electron chi connectivity index (χ4n) is 1.34. The van der Waals surface area contributed by atoms with E-state index in [4.69, 9.17) is 11.6 Å². The first kappa shape index (κ1) is 11.4. The molecule has 0 aliphatic heterocycles. The number of hydrogen-bond acceptors (Lipinski definition) is 1. The van der Waals surface area contributed by atoms with Crippen molar-refractivity contribution in [2.75, 3.05) is 5.32 Å². The van der Waals surface area contributed by atoms with Gasteiger partial charge in [-0.1, -0.05) is 25.1 Å². The number of para-hydroxylation sites is 1. The molecule has 1 rings (SSSR count). The molecule has 1 aromatic rings. The highest BCUT2D eigenvalue weighted by Gasteiger charge is 2.08. The van der Waals surface area contributed by atoms with Crippen LogP contribution in [0.3, 0.4) is 0 Å². The predicted octanol–water partition coefficient (Wildman–Crippen LogP) is 4.20. The largest absolute Gasteiger partial charge is 0.382 e. The van der Waals surface area contributed by atoms with Crippen LogP contribution in [0.4, 0.5) is 5.69 Å². The summed E-state index contributed by atoms with van der Waals surface area (Å²) in [6.07, 6.45) is 1.12. The molecule has 0 saturated heterocycles. The SMILES string of the molecule is CCC(C)Nc1ccccc1C(C)Cl. The molecule has 0 aliphatic carbocycles. The van der Waals surface area contributed by atoms with Crippen molar-refractivity contribution in [3.63, 3.8) is 0 Å². The van der Waals surface area contributed by atoms with Crippen LogP contribution in [-0.4, -0.2) is 6.04 Å². The van der Waals surface area contributed by atoms with Crippen molar-refractivity contribution in [1.29, 1.82) is 0 Å². The molecule has 0 radical (unpaired) electrons. The molecule has 14 heavy (non-hydrogen) atoms. The maximum atomic E-state index is 6.09. The van der Waals surface area contributed by atoms with Crippen molar-refractivity contribution >= 4 is 17.3 Å². The Morgan fingerprint density at radius 3 is 2.50 bits per heavy atom. The Balaban J connectivity index is 2.84. The monoisotopic (exact) mass is 211 g/mol. The van der Waals surface area contributed by atoms with Gasteiger partial charge in [0.15, 0.2) is 0 Å². The Hall–Kier alpha value is -0.690. The lowest BCUT2D eigenvalue weighted by molar-refractivity contribution is 0.762. The van der Waals surface area contributed by atoms with Crippen molar-refractivity contribution in [2.45, 2.75) is 38.6 Å². The fourth-order valence-corrected chi connectivity index (χ4v) is 1.53. The summed E-state index contributed by atoms with van der Waals surface area (Å²) in [5, 5.41) is 3.52. The first-order valence-corrected chi connectivity index (χ1v) is 5.58. The van der Waals surface area contributed by atoms with E-state index in [-0.39, 0.29) is 5.38 Å². The molecule has 2 heteroatoms. The Bertz CT molecular complexity index is 283. The smallest absolute Gasteiger partial charge is 0.0577 e. The van der Waals surface area contributed by atoms with E-state index >= 15 is 0 Å². The van der Waals surface area contributed by atoms with Crippen LogP contribution < -0.4 is 5.32 Å². The minimum Gasteiger partial charge on any atom is -0.382 e. The Morgan fingerprint density at radius 2 is 1.93 bits per heavy atom. The van der Waals surface area contributed by atoms with Crippen LogP contribution in [0, 0.1) is 0 Å². The average molecular weight is 212 g/mol. The molecule has 0 bridgehead atoms. The van der Waals surface area contributed by atoms with Gasteiger partial charge in [0, 0.05) is 11.7 Å². The average Bonchev–Trinajstić information content (AvgIpc) is 2.18. The number of alkyl halides is 1. The summed E-state index contributed by atoms with van der Waals surface area (Å²) in [6.45, 7) is 6.35. The van der Waals surface area contributed by atoms with Crippen LogP contribution >= 0.6 is 11.6 Å². The first-order chi connectivity index (χ1) is 6.65. The van der Waals surface area contributed by atoms with E-state index in [2.05, 4.69) is 31.3 Å².